The molecule has 4 aromatic heterocycles. The number of fused-ring (bicyclic) bond motifs is 1. The summed E-state index contributed by atoms with van der Waals surface area (Å²) in [5.41, 5.74) is 8.60. The number of nitrogens with one attached hydrogen (secondary N) is 3. The Morgan fingerprint density at radius 3 is 2.60 bits per heavy atom. The Balaban J connectivity index is 1.03. The monoisotopic (exact) mass is 687 g/mol. The lowest BCUT2D eigenvalue weighted by molar-refractivity contribution is -0.117. The van der Waals surface area contributed by atoms with Crippen LogP contribution in [0, 0.1) is 11.3 Å². The van der Waals surface area contributed by atoms with E-state index in [-0.39, 0.29) is 24.7 Å². The van der Waals surface area contributed by atoms with Crippen molar-refractivity contribution in [2.45, 2.75) is 13.2 Å². The molecule has 1 aromatic carbocycles. The summed E-state index contributed by atoms with van der Waals surface area (Å²) in [5, 5.41) is 15.9. The smallest absolute Gasteiger partial charge is 0.407 e. The van der Waals surface area contributed by atoms with Crippen molar-refractivity contribution >= 4 is 62.9 Å². The zero-order valence-electron chi connectivity index (χ0n) is 26.2. The molecule has 5 rings (SSSR count). The number of rotatable bonds is 15. The van der Waals surface area contributed by atoms with Gasteiger partial charge >= 0.3 is 6.09 Å². The molecule has 0 aliphatic heterocycles. The van der Waals surface area contributed by atoms with Crippen LogP contribution in [0.2, 0.25) is 0 Å². The highest BCUT2D eigenvalue weighted by Crippen LogP contribution is 2.37. The molecule has 5 N–H and O–H groups in total. The largest absolute Gasteiger partial charge is 0.471 e. The molecule has 0 aliphatic carbocycles. The third-order valence-electron chi connectivity index (χ3n) is 6.84. The quantitative estimate of drug-likeness (QED) is 0.0695. The van der Waals surface area contributed by atoms with Gasteiger partial charge in [-0.3, -0.25) is 4.79 Å². The summed E-state index contributed by atoms with van der Waals surface area (Å²) >= 11 is 3.09. The van der Waals surface area contributed by atoms with Crippen molar-refractivity contribution in [3.05, 3.63) is 76.4 Å². The third-order valence-corrected chi connectivity index (χ3v) is 9.27. The summed E-state index contributed by atoms with van der Waals surface area (Å²) in [4.78, 5) is 44.7. The van der Waals surface area contributed by atoms with E-state index in [1.807, 2.05) is 66.5 Å². The van der Waals surface area contributed by atoms with Crippen molar-refractivity contribution in [3.63, 3.8) is 0 Å². The number of hydrogen-bond acceptors (Lipinski definition) is 13. The maximum Gasteiger partial charge on any atom is 0.407 e. The first-order chi connectivity index (χ1) is 23.3. The molecule has 0 bridgehead atoms. The number of nitrogens with two attached hydrogens (primary N) is 1. The number of nitrogen functional groups attached to an aromatic ring is 1. The number of H-pyrrole nitrogens is 1. The number of methoxy groups -OCH3 is 1. The second-order valence-electron chi connectivity index (χ2n) is 10.3. The lowest BCUT2D eigenvalue weighted by Crippen LogP contribution is -2.28. The predicted octanol–water partition coefficient (Wildman–Crippen LogP) is 4.34. The molecule has 14 nitrogen and oxygen atoms in total. The van der Waals surface area contributed by atoms with Crippen molar-refractivity contribution in [1.29, 1.82) is 5.26 Å². The molecule has 2 amide bonds. The molecule has 48 heavy (non-hydrogen) atoms. The summed E-state index contributed by atoms with van der Waals surface area (Å²) in [6.45, 7) is 1.99. The minimum atomic E-state index is -0.504. The minimum absolute atomic E-state index is 0.0392. The van der Waals surface area contributed by atoms with E-state index in [1.165, 1.54) is 17.7 Å². The van der Waals surface area contributed by atoms with Gasteiger partial charge in [-0.15, -0.1) is 22.7 Å². The lowest BCUT2D eigenvalue weighted by Gasteiger charge is -2.17. The summed E-state index contributed by atoms with van der Waals surface area (Å²) in [5.74, 6) is -0.0349. The van der Waals surface area contributed by atoms with E-state index in [1.54, 1.807) is 24.5 Å². The number of alkyl carbamates (subject to hydrolysis) is 1. The molecule has 5 aromatic rings. The molecule has 0 aliphatic rings. The van der Waals surface area contributed by atoms with Crippen LogP contribution in [-0.2, 0) is 27.4 Å². The van der Waals surface area contributed by atoms with Crippen LogP contribution in [0.4, 0.5) is 15.7 Å². The number of ether oxygens (including phenoxy) is 3. The average Bonchev–Trinajstić information content (AvgIpc) is 3.87. The normalized spacial score (nSPS) is 11.2. The first-order valence-corrected chi connectivity index (χ1v) is 16.3. The number of nitriles is 1. The fourth-order valence-electron chi connectivity index (χ4n) is 4.32. The second-order valence-corrected chi connectivity index (χ2v) is 12.4. The minimum Gasteiger partial charge on any atom is -0.471 e. The Bertz CT molecular complexity index is 1930. The van der Waals surface area contributed by atoms with E-state index < -0.39 is 12.0 Å². The van der Waals surface area contributed by atoms with Gasteiger partial charge in [-0.05, 0) is 41.5 Å². The zero-order chi connectivity index (χ0) is 33.9. The topological polar surface area (TPSA) is 193 Å². The van der Waals surface area contributed by atoms with Crippen molar-refractivity contribution in [2.75, 3.05) is 51.1 Å². The first-order valence-electron chi connectivity index (χ1n) is 14.7. The van der Waals surface area contributed by atoms with Gasteiger partial charge < -0.3 is 40.5 Å². The maximum absolute atomic E-state index is 12.3. The van der Waals surface area contributed by atoms with Gasteiger partial charge in [0.2, 0.25) is 11.8 Å². The van der Waals surface area contributed by atoms with Crippen LogP contribution in [-0.4, -0.2) is 72.4 Å². The molecule has 0 fully saturated rings. The van der Waals surface area contributed by atoms with Gasteiger partial charge in [-0.1, -0.05) is 24.3 Å². The molecule has 4 heterocycles. The number of hydrogen-bond donors (Lipinski definition) is 4. The number of benzene rings is 1. The highest BCUT2D eigenvalue weighted by molar-refractivity contribution is 7.24. The highest BCUT2D eigenvalue weighted by atomic mass is 32.1. The fraction of sp³-hybridized carbons (Fsp3) is 0.250. The Hall–Kier alpha value is -5.50. The number of thiophene rings is 2. The molecule has 16 heteroatoms. The van der Waals surface area contributed by atoms with Crippen LogP contribution in [0.1, 0.15) is 16.0 Å². The summed E-state index contributed by atoms with van der Waals surface area (Å²) < 4.78 is 16.1. The number of carbonyl (C=O) groups excluding carboxylic acids is 2. The van der Waals surface area contributed by atoms with Crippen molar-refractivity contribution in [1.82, 2.24) is 30.6 Å². The number of aromatic nitrogens is 4. The number of carbonyl (C=O) groups is 2. The molecule has 0 saturated heterocycles. The van der Waals surface area contributed by atoms with E-state index in [2.05, 4.69) is 30.6 Å². The fourth-order valence-corrected chi connectivity index (χ4v) is 6.36. The van der Waals surface area contributed by atoms with Crippen molar-refractivity contribution in [3.8, 4) is 21.7 Å². The molecule has 0 saturated carbocycles. The molecule has 0 spiro atoms. The summed E-state index contributed by atoms with van der Waals surface area (Å²) in [6, 6.07) is 17.4. The number of nitrogens with zero attached hydrogens (tertiary/aromatic N) is 5. The van der Waals surface area contributed by atoms with Gasteiger partial charge in [0.05, 0.1) is 24.5 Å². The Kier molecular flexibility index (Phi) is 11.5. The van der Waals surface area contributed by atoms with Gasteiger partial charge in [0.25, 0.3) is 5.91 Å². The molecular formula is C32H33N9O5S2. The standard InChI is InChI=1S/C32H33N9O5S2/c1-41(26-10-9-25(48-26)24-8-7-23(47-24)15-22(16-33)29(42)35-11-13-44-2)12-14-45-32(43)36-17-20-3-5-21(6-4-20)18-46-30-27-28(38-19-37-27)39-31(34)40-30/h3-10,15,19H,11-14,17-18H2,1-2H3,(H,35,42)(H,36,43)(H3,34,37,38,39,40)/b22-15+. The Labute approximate surface area is 284 Å². The van der Waals surface area contributed by atoms with Crippen LogP contribution < -0.4 is 26.0 Å². The Morgan fingerprint density at radius 2 is 1.81 bits per heavy atom. The lowest BCUT2D eigenvalue weighted by atomic mass is 10.1. The van der Waals surface area contributed by atoms with E-state index in [0.29, 0.717) is 43.3 Å². The number of aromatic amines is 1. The van der Waals surface area contributed by atoms with E-state index >= 15 is 0 Å². The number of imidazole rings is 1. The Morgan fingerprint density at radius 1 is 1.04 bits per heavy atom. The average molecular weight is 688 g/mol. The van der Waals surface area contributed by atoms with Crippen LogP contribution in [0.25, 0.3) is 27.0 Å². The second kappa shape index (κ2) is 16.4. The predicted molar refractivity (Wildman–Crippen MR) is 184 cm³/mol. The maximum atomic E-state index is 12.3. The van der Waals surface area contributed by atoms with E-state index in [4.69, 9.17) is 19.9 Å². The van der Waals surface area contributed by atoms with Crippen molar-refractivity contribution in [2.24, 2.45) is 0 Å². The molecule has 0 atom stereocenters. The third kappa shape index (κ3) is 9.06. The highest BCUT2D eigenvalue weighted by Gasteiger charge is 2.13. The van der Waals surface area contributed by atoms with Crippen molar-refractivity contribution < 1.29 is 23.8 Å². The van der Waals surface area contributed by atoms with Gasteiger partial charge in [-0.2, -0.15) is 15.2 Å². The van der Waals surface area contributed by atoms with Gasteiger partial charge in [0.15, 0.2) is 11.2 Å². The van der Waals surface area contributed by atoms with Gasteiger partial charge in [-0.25, -0.2) is 9.78 Å². The number of anilines is 2. The molecular weight excluding hydrogens is 655 g/mol. The van der Waals surface area contributed by atoms with Gasteiger partial charge in [0.1, 0.15) is 24.9 Å². The molecule has 0 radical (unpaired) electrons. The van der Waals surface area contributed by atoms with Crippen LogP contribution in [0.5, 0.6) is 5.88 Å². The number of likely N-dealkylation sites (N-methyl/N-ethyl adjacent to an activating group) is 1. The molecule has 0 unspecified atom stereocenters. The summed E-state index contributed by atoms with van der Waals surface area (Å²) in [6.07, 6.45) is 2.59. The zero-order valence-corrected chi connectivity index (χ0v) is 27.8. The summed E-state index contributed by atoms with van der Waals surface area (Å²) in [7, 11) is 3.48. The molecule has 248 valence electrons. The van der Waals surface area contributed by atoms with Crippen LogP contribution >= 0.6 is 22.7 Å². The van der Waals surface area contributed by atoms with Crippen LogP contribution in [0.15, 0.2) is 60.4 Å². The van der Waals surface area contributed by atoms with Crippen LogP contribution in [0.3, 0.4) is 0 Å². The van der Waals surface area contributed by atoms with E-state index in [0.717, 1.165) is 30.8 Å². The van der Waals surface area contributed by atoms with E-state index in [9.17, 15) is 14.9 Å². The first kappa shape index (κ1) is 33.9. The van der Waals surface area contributed by atoms with Gasteiger partial charge in [0, 0.05) is 41.9 Å². The number of amides is 2. The SMILES string of the molecule is COCCNC(=O)/C(C#N)=C/c1ccc(-c2ccc(N(C)CCOC(=O)NCc3ccc(COc4nc(N)nc5[nH]cnc45)cc3)s2)s1.